The molecule has 1 aromatic carbocycles. The van der Waals surface area contributed by atoms with E-state index in [-0.39, 0.29) is 0 Å². The summed E-state index contributed by atoms with van der Waals surface area (Å²) >= 11 is 5.74. The van der Waals surface area contributed by atoms with Gasteiger partial charge >= 0.3 is 0 Å². The van der Waals surface area contributed by atoms with E-state index in [9.17, 15) is 0 Å². The van der Waals surface area contributed by atoms with Gasteiger partial charge in [0, 0.05) is 6.54 Å². The summed E-state index contributed by atoms with van der Waals surface area (Å²) < 4.78 is 0. The molecule has 0 bridgehead atoms. The van der Waals surface area contributed by atoms with E-state index >= 15 is 0 Å². The van der Waals surface area contributed by atoms with Crippen LogP contribution < -0.4 is 0 Å². The summed E-state index contributed by atoms with van der Waals surface area (Å²) in [5.41, 5.74) is 1.32. The fraction of sp³-hybridized carbons (Fsp3) is 0.400. The molecule has 0 radical (unpaired) electrons. The van der Waals surface area contributed by atoms with Crippen molar-refractivity contribution in [2.75, 3.05) is 12.5 Å². The van der Waals surface area contributed by atoms with Crippen LogP contribution in [0.25, 0.3) is 0 Å². The molecule has 1 aromatic rings. The van der Waals surface area contributed by atoms with Gasteiger partial charge in [-0.05, 0) is 12.1 Å². The molecule has 0 unspecified atom stereocenters. The van der Waals surface area contributed by atoms with E-state index < -0.39 is 0 Å². The predicted molar refractivity (Wildman–Crippen MR) is 53.2 cm³/mol. The number of halogens is 1. The largest absolute Gasteiger partial charge is 0.286 e. The number of benzene rings is 1. The van der Waals surface area contributed by atoms with Crippen LogP contribution >= 0.6 is 11.6 Å². The average molecular weight is 184 g/mol. The van der Waals surface area contributed by atoms with Gasteiger partial charge in [0.1, 0.15) is 0 Å². The molecule has 0 fully saturated rings. The van der Waals surface area contributed by atoms with E-state index in [0.29, 0.717) is 6.00 Å². The molecule has 0 aliphatic heterocycles. The predicted octanol–water partition coefficient (Wildman–Crippen LogP) is 2.70. The van der Waals surface area contributed by atoms with Gasteiger partial charge < -0.3 is 0 Å². The zero-order valence-corrected chi connectivity index (χ0v) is 8.09. The van der Waals surface area contributed by atoms with Gasteiger partial charge in [-0.15, -0.1) is 11.6 Å². The zero-order valence-electron chi connectivity index (χ0n) is 7.33. The molecule has 0 aliphatic carbocycles. The Morgan fingerprint density at radius 3 is 2.42 bits per heavy atom. The molecule has 2 heteroatoms. The lowest BCUT2D eigenvalue weighted by atomic mass is 10.2. The number of hydrogen-bond acceptors (Lipinski definition) is 1. The third-order valence-corrected chi connectivity index (χ3v) is 2.20. The van der Waals surface area contributed by atoms with Crippen molar-refractivity contribution in [2.45, 2.75) is 13.5 Å². The van der Waals surface area contributed by atoms with Crippen LogP contribution in [0.2, 0.25) is 0 Å². The maximum absolute atomic E-state index is 5.74. The summed E-state index contributed by atoms with van der Waals surface area (Å²) in [6.07, 6.45) is 0. The van der Waals surface area contributed by atoms with Gasteiger partial charge in [-0.3, -0.25) is 4.90 Å². The molecule has 0 aliphatic rings. The molecule has 0 saturated heterocycles. The third kappa shape index (κ3) is 2.84. The van der Waals surface area contributed by atoms with E-state index in [2.05, 4.69) is 36.1 Å². The topological polar surface area (TPSA) is 3.24 Å². The third-order valence-electron chi connectivity index (χ3n) is 1.87. The van der Waals surface area contributed by atoms with Crippen molar-refractivity contribution in [3.8, 4) is 0 Å². The van der Waals surface area contributed by atoms with Crippen LogP contribution in [-0.2, 0) is 6.54 Å². The van der Waals surface area contributed by atoms with Crippen LogP contribution in [0.1, 0.15) is 12.5 Å². The van der Waals surface area contributed by atoms with Gasteiger partial charge in [0.15, 0.2) is 0 Å². The second kappa shape index (κ2) is 5.18. The Kier molecular flexibility index (Phi) is 4.12. The Bertz CT molecular complexity index is 206. The maximum Gasteiger partial charge on any atom is 0.0741 e. The van der Waals surface area contributed by atoms with E-state index in [1.165, 1.54) is 5.56 Å². The number of alkyl halides is 1. The molecule has 0 saturated carbocycles. The first-order valence-electron chi connectivity index (χ1n) is 4.19. The summed E-state index contributed by atoms with van der Waals surface area (Å²) in [5, 5.41) is 0. The molecule has 12 heavy (non-hydrogen) atoms. The lowest BCUT2D eigenvalue weighted by Gasteiger charge is -2.16. The Labute approximate surface area is 79.0 Å². The summed E-state index contributed by atoms with van der Waals surface area (Å²) in [6, 6.07) is 11.0. The van der Waals surface area contributed by atoms with E-state index in [4.69, 9.17) is 11.6 Å². The molecule has 1 nitrogen and oxygen atoms in total. The number of hydrogen-bond donors (Lipinski definition) is 0. The normalized spacial score (nSPS) is 10.6. The van der Waals surface area contributed by atoms with Crippen LogP contribution in [0.3, 0.4) is 0 Å². The second-order valence-electron chi connectivity index (χ2n) is 2.75. The zero-order chi connectivity index (χ0) is 8.81. The Balaban J connectivity index is 2.51. The van der Waals surface area contributed by atoms with E-state index in [0.717, 1.165) is 13.1 Å². The highest BCUT2D eigenvalue weighted by atomic mass is 35.5. The van der Waals surface area contributed by atoms with Crippen LogP contribution in [0.4, 0.5) is 0 Å². The summed E-state index contributed by atoms with van der Waals surface area (Å²) in [6.45, 7) is 4.06. The molecule has 0 spiro atoms. The SMILES string of the molecule is CCN(CCl)Cc1ccccc1. The van der Waals surface area contributed by atoms with Crippen LogP contribution in [-0.4, -0.2) is 17.4 Å². The quantitative estimate of drug-likeness (QED) is 0.513. The minimum Gasteiger partial charge on any atom is -0.286 e. The molecular weight excluding hydrogens is 170 g/mol. The Hall–Kier alpha value is -0.530. The summed E-state index contributed by atoms with van der Waals surface area (Å²) in [4.78, 5) is 2.18. The van der Waals surface area contributed by atoms with Crippen molar-refractivity contribution in [2.24, 2.45) is 0 Å². The van der Waals surface area contributed by atoms with Crippen molar-refractivity contribution < 1.29 is 0 Å². The van der Waals surface area contributed by atoms with Gasteiger partial charge in [-0.1, -0.05) is 37.3 Å². The van der Waals surface area contributed by atoms with Crippen molar-refractivity contribution in [1.82, 2.24) is 4.90 Å². The van der Waals surface area contributed by atoms with Crippen molar-refractivity contribution >= 4 is 11.6 Å². The maximum atomic E-state index is 5.74. The Morgan fingerprint density at radius 2 is 1.92 bits per heavy atom. The van der Waals surface area contributed by atoms with Crippen molar-refractivity contribution in [3.05, 3.63) is 35.9 Å². The summed E-state index contributed by atoms with van der Waals surface area (Å²) in [7, 11) is 0. The molecular formula is C10H14ClN. The molecule has 0 atom stereocenters. The highest BCUT2D eigenvalue weighted by Crippen LogP contribution is 2.04. The van der Waals surface area contributed by atoms with Gasteiger partial charge in [0.05, 0.1) is 6.00 Å². The van der Waals surface area contributed by atoms with Crippen LogP contribution in [0.5, 0.6) is 0 Å². The molecule has 0 N–H and O–H groups in total. The number of rotatable bonds is 4. The van der Waals surface area contributed by atoms with E-state index in [1.807, 2.05) is 6.07 Å². The lowest BCUT2D eigenvalue weighted by Crippen LogP contribution is -2.20. The fourth-order valence-corrected chi connectivity index (χ4v) is 1.33. The summed E-state index contributed by atoms with van der Waals surface area (Å²) in [5.74, 6) is 0. The minimum absolute atomic E-state index is 0.603. The minimum atomic E-state index is 0.603. The first-order valence-corrected chi connectivity index (χ1v) is 4.72. The monoisotopic (exact) mass is 183 g/mol. The standard InChI is InChI=1S/C10H14ClN/c1-2-12(9-11)8-10-6-4-3-5-7-10/h3-7H,2,8-9H2,1H3. The molecule has 1 rings (SSSR count). The van der Waals surface area contributed by atoms with Gasteiger partial charge in [-0.2, -0.15) is 0 Å². The Morgan fingerprint density at radius 1 is 1.25 bits per heavy atom. The fourth-order valence-electron chi connectivity index (χ4n) is 1.08. The second-order valence-corrected chi connectivity index (χ2v) is 2.99. The first kappa shape index (κ1) is 9.56. The van der Waals surface area contributed by atoms with Crippen LogP contribution in [0.15, 0.2) is 30.3 Å². The molecule has 66 valence electrons. The molecule has 0 aromatic heterocycles. The highest BCUT2D eigenvalue weighted by molar-refractivity contribution is 6.17. The van der Waals surface area contributed by atoms with Crippen molar-refractivity contribution in [3.63, 3.8) is 0 Å². The number of nitrogens with zero attached hydrogens (tertiary/aromatic N) is 1. The molecule has 0 amide bonds. The van der Waals surface area contributed by atoms with Crippen LogP contribution in [0, 0.1) is 0 Å². The van der Waals surface area contributed by atoms with Gasteiger partial charge in [-0.25, -0.2) is 0 Å². The smallest absolute Gasteiger partial charge is 0.0741 e. The highest BCUT2D eigenvalue weighted by Gasteiger charge is 1.99. The van der Waals surface area contributed by atoms with Gasteiger partial charge in [0.2, 0.25) is 0 Å². The first-order chi connectivity index (χ1) is 5.86. The van der Waals surface area contributed by atoms with Gasteiger partial charge in [0.25, 0.3) is 0 Å². The lowest BCUT2D eigenvalue weighted by molar-refractivity contribution is 0.328. The van der Waals surface area contributed by atoms with E-state index in [1.54, 1.807) is 0 Å². The van der Waals surface area contributed by atoms with Crippen molar-refractivity contribution in [1.29, 1.82) is 0 Å². The molecule has 0 heterocycles. The average Bonchev–Trinajstić information content (AvgIpc) is 2.16.